The van der Waals surface area contributed by atoms with Crippen LogP contribution in [0.25, 0.3) is 0 Å². The van der Waals surface area contributed by atoms with Crippen molar-refractivity contribution < 1.29 is 9.13 Å². The maximum absolute atomic E-state index is 14.1. The van der Waals surface area contributed by atoms with Crippen LogP contribution < -0.4 is 10.6 Å². The van der Waals surface area contributed by atoms with Crippen molar-refractivity contribution in [1.29, 1.82) is 0 Å². The molecule has 1 atom stereocenters. The first-order valence-electron chi connectivity index (χ1n) is 6.56. The Morgan fingerprint density at radius 1 is 1.50 bits per heavy atom. The molecule has 1 aliphatic heterocycles. The summed E-state index contributed by atoms with van der Waals surface area (Å²) in [6.07, 6.45) is 1.78. The van der Waals surface area contributed by atoms with Gasteiger partial charge in [-0.25, -0.2) is 4.39 Å². The minimum absolute atomic E-state index is 0.137. The minimum Gasteiger partial charge on any atom is -0.377 e. The number of hydrogen-bond donors (Lipinski definition) is 1. The highest BCUT2D eigenvalue weighted by Gasteiger charge is 2.20. The molecular weight excluding hydrogens is 231 g/mol. The van der Waals surface area contributed by atoms with Crippen molar-refractivity contribution in [1.82, 2.24) is 0 Å². The normalized spacial score (nSPS) is 20.8. The van der Waals surface area contributed by atoms with Crippen molar-refractivity contribution in [2.75, 3.05) is 31.1 Å². The summed E-state index contributed by atoms with van der Waals surface area (Å²) in [5, 5.41) is 0. The van der Waals surface area contributed by atoms with Crippen molar-refractivity contribution in [3.05, 3.63) is 29.6 Å². The van der Waals surface area contributed by atoms with Gasteiger partial charge in [-0.15, -0.1) is 0 Å². The largest absolute Gasteiger partial charge is 0.377 e. The van der Waals surface area contributed by atoms with E-state index in [9.17, 15) is 4.39 Å². The summed E-state index contributed by atoms with van der Waals surface area (Å²) in [6, 6.07) is 5.23. The zero-order valence-corrected chi connectivity index (χ0v) is 10.9. The number of ether oxygens (including phenoxy) is 1. The van der Waals surface area contributed by atoms with Gasteiger partial charge in [0.25, 0.3) is 0 Å². The van der Waals surface area contributed by atoms with Crippen LogP contribution in [0, 0.1) is 5.82 Å². The Kier molecular flexibility index (Phi) is 4.55. The maximum atomic E-state index is 14.1. The highest BCUT2D eigenvalue weighted by molar-refractivity contribution is 5.55. The van der Waals surface area contributed by atoms with Crippen LogP contribution in [0.2, 0.25) is 0 Å². The molecule has 2 N–H and O–H groups in total. The Morgan fingerprint density at radius 2 is 2.33 bits per heavy atom. The molecule has 2 rings (SSSR count). The van der Waals surface area contributed by atoms with E-state index in [1.54, 1.807) is 6.07 Å². The summed E-state index contributed by atoms with van der Waals surface area (Å²) >= 11 is 0. The van der Waals surface area contributed by atoms with E-state index >= 15 is 0 Å². The lowest BCUT2D eigenvalue weighted by Crippen LogP contribution is -2.32. The summed E-state index contributed by atoms with van der Waals surface area (Å²) in [5.74, 6) is -0.157. The monoisotopic (exact) mass is 252 g/mol. The minimum atomic E-state index is -0.157. The van der Waals surface area contributed by atoms with Gasteiger partial charge in [0.2, 0.25) is 0 Å². The van der Waals surface area contributed by atoms with Crippen molar-refractivity contribution in [3.63, 3.8) is 0 Å². The molecule has 4 heteroatoms. The van der Waals surface area contributed by atoms with Gasteiger partial charge in [-0.3, -0.25) is 0 Å². The molecule has 3 nitrogen and oxygen atoms in total. The molecule has 18 heavy (non-hydrogen) atoms. The number of nitrogens with zero attached hydrogens (tertiary/aromatic N) is 1. The fourth-order valence-electron chi connectivity index (χ4n) is 2.47. The second-order valence-electron chi connectivity index (χ2n) is 4.77. The fraction of sp³-hybridized carbons (Fsp3) is 0.571. The topological polar surface area (TPSA) is 38.5 Å². The molecule has 0 aromatic heterocycles. The van der Waals surface area contributed by atoms with E-state index in [0.717, 1.165) is 31.7 Å². The second-order valence-corrected chi connectivity index (χ2v) is 4.77. The molecule has 0 aliphatic carbocycles. The molecule has 0 radical (unpaired) electrons. The predicted octanol–water partition coefficient (Wildman–Crippen LogP) is 1.94. The molecule has 1 aliphatic rings. The lowest BCUT2D eigenvalue weighted by Gasteiger charge is -2.27. The SMILES string of the molecule is CC1CN(c2c(F)cccc2CCN)CCCO1. The van der Waals surface area contributed by atoms with E-state index in [1.807, 2.05) is 13.0 Å². The molecule has 0 saturated carbocycles. The smallest absolute Gasteiger partial charge is 0.146 e. The van der Waals surface area contributed by atoms with Crippen LogP contribution in [0.3, 0.4) is 0 Å². The number of nitrogens with two attached hydrogens (primary N) is 1. The van der Waals surface area contributed by atoms with E-state index in [1.165, 1.54) is 6.07 Å². The maximum Gasteiger partial charge on any atom is 0.146 e. The van der Waals surface area contributed by atoms with Gasteiger partial charge in [0, 0.05) is 19.7 Å². The lowest BCUT2D eigenvalue weighted by atomic mass is 10.1. The molecule has 100 valence electrons. The van der Waals surface area contributed by atoms with Gasteiger partial charge in [-0.2, -0.15) is 0 Å². The average Bonchev–Trinajstić information content (AvgIpc) is 2.54. The Morgan fingerprint density at radius 3 is 3.11 bits per heavy atom. The van der Waals surface area contributed by atoms with Crippen LogP contribution in [-0.2, 0) is 11.2 Å². The van der Waals surface area contributed by atoms with Crippen molar-refractivity contribution >= 4 is 5.69 Å². The predicted molar refractivity (Wildman–Crippen MR) is 71.4 cm³/mol. The fourth-order valence-corrected chi connectivity index (χ4v) is 2.47. The van der Waals surface area contributed by atoms with Crippen LogP contribution in [0.4, 0.5) is 10.1 Å². The molecule has 1 saturated heterocycles. The van der Waals surface area contributed by atoms with Gasteiger partial charge in [0.15, 0.2) is 0 Å². The van der Waals surface area contributed by atoms with Crippen molar-refractivity contribution in [3.8, 4) is 0 Å². The first-order valence-corrected chi connectivity index (χ1v) is 6.56. The average molecular weight is 252 g/mol. The van der Waals surface area contributed by atoms with E-state index in [-0.39, 0.29) is 11.9 Å². The van der Waals surface area contributed by atoms with Gasteiger partial charge >= 0.3 is 0 Å². The molecule has 0 bridgehead atoms. The zero-order chi connectivity index (χ0) is 13.0. The van der Waals surface area contributed by atoms with E-state index < -0.39 is 0 Å². The Balaban J connectivity index is 2.29. The standard InChI is InChI=1S/C14H21FN2O/c1-11-10-17(8-3-9-18-11)14-12(6-7-16)4-2-5-13(14)15/h2,4-5,11H,3,6-10,16H2,1H3. The number of halogens is 1. The van der Waals surface area contributed by atoms with Gasteiger partial charge in [-0.1, -0.05) is 12.1 Å². The Hall–Kier alpha value is -1.13. The van der Waals surface area contributed by atoms with Gasteiger partial charge in [0.05, 0.1) is 11.8 Å². The molecule has 0 amide bonds. The van der Waals surface area contributed by atoms with Gasteiger partial charge in [0.1, 0.15) is 5.82 Å². The first kappa shape index (κ1) is 13.3. The van der Waals surface area contributed by atoms with Crippen LogP contribution in [0.1, 0.15) is 18.9 Å². The number of anilines is 1. The summed E-state index contributed by atoms with van der Waals surface area (Å²) in [7, 11) is 0. The highest BCUT2D eigenvalue weighted by Crippen LogP contribution is 2.26. The number of hydrogen-bond acceptors (Lipinski definition) is 3. The lowest BCUT2D eigenvalue weighted by molar-refractivity contribution is 0.0820. The molecule has 1 heterocycles. The van der Waals surface area contributed by atoms with E-state index in [4.69, 9.17) is 10.5 Å². The van der Waals surface area contributed by atoms with E-state index in [2.05, 4.69) is 4.90 Å². The van der Waals surface area contributed by atoms with Crippen molar-refractivity contribution in [2.45, 2.75) is 25.9 Å². The van der Waals surface area contributed by atoms with Gasteiger partial charge in [-0.05, 0) is 37.9 Å². The number of rotatable bonds is 3. The van der Waals surface area contributed by atoms with Crippen LogP contribution >= 0.6 is 0 Å². The quantitative estimate of drug-likeness (QED) is 0.893. The summed E-state index contributed by atoms with van der Waals surface area (Å²) < 4.78 is 19.7. The third kappa shape index (κ3) is 3.00. The molecule has 0 spiro atoms. The third-order valence-electron chi connectivity index (χ3n) is 3.25. The third-order valence-corrected chi connectivity index (χ3v) is 3.25. The summed E-state index contributed by atoms with van der Waals surface area (Å²) in [6.45, 7) is 4.89. The van der Waals surface area contributed by atoms with Crippen molar-refractivity contribution in [2.24, 2.45) is 5.73 Å². The molecule has 1 unspecified atom stereocenters. The number of para-hydroxylation sites is 1. The van der Waals surface area contributed by atoms with Crippen LogP contribution in [-0.4, -0.2) is 32.3 Å². The van der Waals surface area contributed by atoms with Gasteiger partial charge < -0.3 is 15.4 Å². The highest BCUT2D eigenvalue weighted by atomic mass is 19.1. The molecule has 1 fully saturated rings. The first-order chi connectivity index (χ1) is 8.72. The van der Waals surface area contributed by atoms with Crippen LogP contribution in [0.5, 0.6) is 0 Å². The second kappa shape index (κ2) is 6.16. The summed E-state index contributed by atoms with van der Waals surface area (Å²) in [4.78, 5) is 2.10. The molecule has 1 aromatic carbocycles. The van der Waals surface area contributed by atoms with Crippen LogP contribution in [0.15, 0.2) is 18.2 Å². The molecular formula is C14H21FN2O. The molecule has 1 aromatic rings. The zero-order valence-electron chi connectivity index (χ0n) is 10.9. The van der Waals surface area contributed by atoms with E-state index in [0.29, 0.717) is 18.7 Å². The number of benzene rings is 1. The Bertz CT molecular complexity index is 397. The Labute approximate surface area is 108 Å². The summed E-state index contributed by atoms with van der Waals surface area (Å²) in [5.41, 5.74) is 7.30.